The summed E-state index contributed by atoms with van der Waals surface area (Å²) < 4.78 is 15.0. The Morgan fingerprint density at radius 3 is 1.67 bits per heavy atom. The van der Waals surface area contributed by atoms with E-state index < -0.39 is 5.97 Å². The first kappa shape index (κ1) is 44.0. The predicted molar refractivity (Wildman–Crippen MR) is 239 cm³/mol. The number of aliphatic carboxylic acids is 1. The highest BCUT2D eigenvalue weighted by atomic mass is 35.5. The molecule has 322 valence electrons. The summed E-state index contributed by atoms with van der Waals surface area (Å²) in [5.41, 5.74) is 3.54. The molecule has 18 heteroatoms. The molecular formula is C43H49Cl3N10O5. The normalized spacial score (nSPS) is 18.7. The van der Waals surface area contributed by atoms with Gasteiger partial charge in [0.2, 0.25) is 5.91 Å². The number of carboxylic acids is 1. The topological polar surface area (TPSA) is 156 Å². The number of nitrogens with one attached hydrogen (secondary N) is 1. The van der Waals surface area contributed by atoms with Crippen molar-refractivity contribution in [2.75, 3.05) is 76.0 Å². The second-order valence-electron chi connectivity index (χ2n) is 15.4. The van der Waals surface area contributed by atoms with Gasteiger partial charge in [0.25, 0.3) is 0 Å². The van der Waals surface area contributed by atoms with Crippen molar-refractivity contribution in [1.82, 2.24) is 39.7 Å². The number of likely N-dealkylation sites (tertiary alicyclic amines) is 1. The molecule has 61 heavy (non-hydrogen) atoms. The van der Waals surface area contributed by atoms with E-state index in [-0.39, 0.29) is 36.8 Å². The number of halogens is 3. The highest BCUT2D eigenvalue weighted by molar-refractivity contribution is 6.30. The second kappa shape index (κ2) is 20.2. The number of benzene rings is 2. The number of rotatable bonds is 10. The molecule has 0 saturated carbocycles. The Kier molecular flexibility index (Phi) is 14.6. The number of amides is 1. The van der Waals surface area contributed by atoms with Gasteiger partial charge in [-0.05, 0) is 99.6 Å². The van der Waals surface area contributed by atoms with Crippen LogP contribution in [-0.2, 0) is 19.1 Å². The minimum absolute atomic E-state index is 0. The van der Waals surface area contributed by atoms with Crippen LogP contribution in [0.3, 0.4) is 0 Å². The largest absolute Gasteiger partial charge is 0.481 e. The molecule has 2 aromatic carbocycles. The number of carboxylic acid groups (broad SMARTS) is 1. The fourth-order valence-electron chi connectivity index (χ4n) is 8.09. The molecule has 7 heterocycles. The maximum absolute atomic E-state index is 12.9. The van der Waals surface area contributed by atoms with Gasteiger partial charge in [0.05, 0.1) is 79.7 Å². The third kappa shape index (κ3) is 10.4. The van der Waals surface area contributed by atoms with Gasteiger partial charge in [-0.25, -0.2) is 9.36 Å². The Morgan fingerprint density at radius 1 is 0.721 bits per heavy atom. The molecular weight excluding hydrogens is 843 g/mol. The number of carbonyl (C=O) groups excluding carboxylic acids is 1. The Balaban J connectivity index is 0.000000187. The van der Waals surface area contributed by atoms with E-state index in [1.807, 2.05) is 76.4 Å². The lowest BCUT2D eigenvalue weighted by Crippen LogP contribution is -2.48. The number of hydrogen-bond donors (Lipinski definition) is 2. The number of aromatic nitrogens is 6. The van der Waals surface area contributed by atoms with Gasteiger partial charge in [-0.3, -0.25) is 19.6 Å². The van der Waals surface area contributed by atoms with E-state index >= 15 is 0 Å². The van der Waals surface area contributed by atoms with Crippen LogP contribution in [0.15, 0.2) is 85.5 Å². The molecule has 3 aliphatic heterocycles. The van der Waals surface area contributed by atoms with E-state index in [0.717, 1.165) is 77.3 Å². The van der Waals surface area contributed by atoms with Crippen LogP contribution in [0.5, 0.6) is 0 Å². The summed E-state index contributed by atoms with van der Waals surface area (Å²) in [4.78, 5) is 39.2. The molecule has 3 fully saturated rings. The van der Waals surface area contributed by atoms with Crippen LogP contribution in [0, 0.1) is 5.92 Å². The summed E-state index contributed by atoms with van der Waals surface area (Å²) in [5.74, 6) is 1.37. The Morgan fingerprint density at radius 2 is 1.20 bits per heavy atom. The second-order valence-corrected chi connectivity index (χ2v) is 16.3. The third-order valence-electron chi connectivity index (χ3n) is 11.3. The molecule has 0 aliphatic carbocycles. The molecule has 3 saturated heterocycles. The van der Waals surface area contributed by atoms with Crippen LogP contribution in [0.4, 0.5) is 11.6 Å². The fourth-order valence-corrected chi connectivity index (χ4v) is 8.35. The van der Waals surface area contributed by atoms with Gasteiger partial charge in [-0.2, -0.15) is 0 Å². The maximum Gasteiger partial charge on any atom is 0.305 e. The van der Waals surface area contributed by atoms with Crippen LogP contribution in [0.1, 0.15) is 25.7 Å². The Labute approximate surface area is 369 Å². The summed E-state index contributed by atoms with van der Waals surface area (Å²) in [6, 6.07) is 18.5. The molecule has 2 N–H and O–H groups in total. The highest BCUT2D eigenvalue weighted by Crippen LogP contribution is 2.33. The van der Waals surface area contributed by atoms with Crippen molar-refractivity contribution in [2.24, 2.45) is 5.92 Å². The third-order valence-corrected chi connectivity index (χ3v) is 11.8. The maximum atomic E-state index is 12.9. The zero-order chi connectivity index (χ0) is 41.6. The molecule has 0 bridgehead atoms. The van der Waals surface area contributed by atoms with E-state index in [4.69, 9.17) is 42.9 Å². The molecule has 0 radical (unpaired) electrons. The van der Waals surface area contributed by atoms with Crippen LogP contribution in [-0.4, -0.2) is 130 Å². The van der Waals surface area contributed by atoms with Gasteiger partial charge in [-0.15, -0.1) is 22.6 Å². The number of carbonyl (C=O) groups is 2. The van der Waals surface area contributed by atoms with Crippen molar-refractivity contribution in [3.05, 3.63) is 95.5 Å². The standard InChI is InChI=1S/C25H31ClN6O2.C18H17ClN4O3.ClH/c1-30-10-7-18(8-11-30)15-28-24(33)14-21-17-34-13-12-31(21)25-22-6-9-27-16-23(22)32(29-25)20-4-2-19(26)3-5-20;19-12-1-3-13(4-2-12)23-16-10-20-6-5-15(16)18(21-23)22-7-8-26-11-14(22)9-17(24)25;/h2-6,9,16,18,21H,7-8,10-15,17H2,1H3,(H,28,33);1-6,10,14H,7-9,11H2,(H,24,25);1H. The van der Waals surface area contributed by atoms with Crippen LogP contribution in [0.2, 0.25) is 10.0 Å². The fraction of sp³-hybridized carbons (Fsp3) is 0.395. The average Bonchev–Trinajstić information content (AvgIpc) is 3.84. The number of ether oxygens (including phenoxy) is 2. The van der Waals surface area contributed by atoms with Gasteiger partial charge in [0, 0.05) is 59.3 Å². The average molecular weight is 892 g/mol. The summed E-state index contributed by atoms with van der Waals surface area (Å²) in [7, 11) is 2.15. The molecule has 4 aromatic heterocycles. The number of piperidine rings is 1. The van der Waals surface area contributed by atoms with Gasteiger partial charge in [0.15, 0.2) is 11.6 Å². The minimum Gasteiger partial charge on any atom is -0.481 e. The first-order valence-electron chi connectivity index (χ1n) is 20.2. The van der Waals surface area contributed by atoms with Gasteiger partial charge >= 0.3 is 5.97 Å². The molecule has 6 aromatic rings. The van der Waals surface area contributed by atoms with E-state index in [2.05, 4.69) is 32.1 Å². The van der Waals surface area contributed by atoms with Gasteiger partial charge in [0.1, 0.15) is 0 Å². The first-order valence-corrected chi connectivity index (χ1v) is 21.0. The van der Waals surface area contributed by atoms with Crippen molar-refractivity contribution in [1.29, 1.82) is 0 Å². The monoisotopic (exact) mass is 890 g/mol. The quantitative estimate of drug-likeness (QED) is 0.159. The lowest BCUT2D eigenvalue weighted by molar-refractivity contribution is -0.138. The zero-order valence-corrected chi connectivity index (χ0v) is 36.1. The Bertz CT molecular complexity index is 2410. The Hall–Kier alpha value is -5.03. The minimum atomic E-state index is -0.853. The van der Waals surface area contributed by atoms with Crippen LogP contribution in [0.25, 0.3) is 33.2 Å². The van der Waals surface area contributed by atoms with Crippen LogP contribution >= 0.6 is 35.6 Å². The number of morpholine rings is 2. The molecule has 1 amide bonds. The van der Waals surface area contributed by atoms with E-state index in [0.29, 0.717) is 61.9 Å². The smallest absolute Gasteiger partial charge is 0.305 e. The molecule has 2 atom stereocenters. The van der Waals surface area contributed by atoms with E-state index in [1.54, 1.807) is 23.3 Å². The van der Waals surface area contributed by atoms with Crippen molar-refractivity contribution < 1.29 is 24.2 Å². The van der Waals surface area contributed by atoms with E-state index in [9.17, 15) is 14.7 Å². The van der Waals surface area contributed by atoms with Crippen molar-refractivity contribution in [3.8, 4) is 11.4 Å². The summed E-state index contributed by atoms with van der Waals surface area (Å²) in [5, 5.41) is 25.4. The number of hydrogen-bond acceptors (Lipinski definition) is 11. The summed E-state index contributed by atoms with van der Waals surface area (Å²) in [6.45, 7) is 6.24. The first-order chi connectivity index (χ1) is 29.2. The zero-order valence-electron chi connectivity index (χ0n) is 33.8. The molecule has 0 spiro atoms. The lowest BCUT2D eigenvalue weighted by Gasteiger charge is -2.36. The lowest BCUT2D eigenvalue weighted by atomic mass is 9.97. The van der Waals surface area contributed by atoms with E-state index in [1.165, 1.54) is 0 Å². The van der Waals surface area contributed by atoms with Crippen molar-refractivity contribution in [2.45, 2.75) is 37.8 Å². The van der Waals surface area contributed by atoms with Crippen molar-refractivity contribution in [3.63, 3.8) is 0 Å². The number of anilines is 2. The number of fused-ring (bicyclic) bond motifs is 2. The molecule has 15 nitrogen and oxygen atoms in total. The van der Waals surface area contributed by atoms with Crippen molar-refractivity contribution >= 4 is 80.9 Å². The highest BCUT2D eigenvalue weighted by Gasteiger charge is 2.31. The van der Waals surface area contributed by atoms with Gasteiger partial charge in [-0.1, -0.05) is 23.2 Å². The summed E-state index contributed by atoms with van der Waals surface area (Å²) >= 11 is 12.1. The predicted octanol–water partition coefficient (Wildman–Crippen LogP) is 6.30. The number of nitrogens with zero attached hydrogens (tertiary/aromatic N) is 9. The van der Waals surface area contributed by atoms with Crippen LogP contribution < -0.4 is 15.1 Å². The SMILES string of the molecule is CN1CCC(CNC(=O)CC2COCCN2c2nn(-c3ccc(Cl)cc3)c3cnccc23)CC1.Cl.O=C(O)CC1COCCN1c1nn(-c2ccc(Cl)cc2)c2cnccc12. The summed E-state index contributed by atoms with van der Waals surface area (Å²) in [6.07, 6.45) is 9.73. The number of pyridine rings is 2. The van der Waals surface area contributed by atoms with Gasteiger partial charge < -0.3 is 34.6 Å². The molecule has 2 unspecified atom stereocenters. The molecule has 9 rings (SSSR count). The molecule has 3 aliphatic rings.